The average molecular weight is 248 g/mol. The van der Waals surface area contributed by atoms with Crippen LogP contribution in [0.1, 0.15) is 26.2 Å². The molecule has 1 fully saturated rings. The lowest BCUT2D eigenvalue weighted by Gasteiger charge is -2.32. The molecule has 1 aromatic rings. The highest BCUT2D eigenvalue weighted by atomic mass is 16.5. The molecule has 4 nitrogen and oxygen atoms in total. The van der Waals surface area contributed by atoms with E-state index >= 15 is 0 Å². The zero-order valence-corrected chi connectivity index (χ0v) is 10.8. The van der Waals surface area contributed by atoms with Gasteiger partial charge in [-0.2, -0.15) is 0 Å². The molecule has 0 bridgehead atoms. The van der Waals surface area contributed by atoms with Crippen LogP contribution in [0, 0.1) is 5.92 Å². The Hall–Kier alpha value is -1.58. The average Bonchev–Trinajstić information content (AvgIpc) is 2.46. The van der Waals surface area contributed by atoms with Crippen LogP contribution in [0.4, 0.5) is 5.69 Å². The second kappa shape index (κ2) is 6.38. The van der Waals surface area contributed by atoms with Crippen LogP contribution in [0.5, 0.6) is 0 Å². The molecule has 0 unspecified atom stereocenters. The Morgan fingerprint density at radius 1 is 1.39 bits per heavy atom. The molecule has 1 aliphatic heterocycles. The van der Waals surface area contributed by atoms with Crippen LogP contribution in [0.15, 0.2) is 24.5 Å². The van der Waals surface area contributed by atoms with Crippen molar-refractivity contribution in [1.29, 1.82) is 0 Å². The van der Waals surface area contributed by atoms with Crippen molar-refractivity contribution in [2.75, 3.05) is 24.6 Å². The number of aromatic nitrogens is 1. The zero-order valence-electron chi connectivity index (χ0n) is 10.8. The number of nitrogens with zero attached hydrogens (tertiary/aromatic N) is 2. The Balaban J connectivity index is 1.83. The van der Waals surface area contributed by atoms with Gasteiger partial charge in [0.1, 0.15) is 0 Å². The lowest BCUT2D eigenvalue weighted by atomic mass is 9.97. The SMILES string of the molecule is CCCOC(=O)C1CCN(c2ccncc2)CC1. The predicted octanol–water partition coefficient (Wildman–Crippen LogP) is 2.25. The summed E-state index contributed by atoms with van der Waals surface area (Å²) in [4.78, 5) is 18.1. The number of esters is 1. The first-order valence-corrected chi connectivity index (χ1v) is 6.63. The van der Waals surface area contributed by atoms with E-state index in [1.54, 1.807) is 12.4 Å². The molecular formula is C14H20N2O2. The van der Waals surface area contributed by atoms with Crippen LogP contribution in [0.2, 0.25) is 0 Å². The molecule has 0 radical (unpaired) electrons. The van der Waals surface area contributed by atoms with E-state index < -0.39 is 0 Å². The normalized spacial score (nSPS) is 16.6. The Kier molecular flexibility index (Phi) is 4.56. The van der Waals surface area contributed by atoms with Crippen molar-refractivity contribution in [2.45, 2.75) is 26.2 Å². The monoisotopic (exact) mass is 248 g/mol. The molecule has 98 valence electrons. The number of carbonyl (C=O) groups excluding carboxylic acids is 1. The van der Waals surface area contributed by atoms with Gasteiger partial charge >= 0.3 is 5.97 Å². The lowest BCUT2D eigenvalue weighted by Crippen LogP contribution is -2.37. The summed E-state index contributed by atoms with van der Waals surface area (Å²) < 4.78 is 5.20. The van der Waals surface area contributed by atoms with Crippen LogP contribution >= 0.6 is 0 Å². The van der Waals surface area contributed by atoms with Gasteiger partial charge in [0.05, 0.1) is 12.5 Å². The highest BCUT2D eigenvalue weighted by molar-refractivity contribution is 5.72. The summed E-state index contributed by atoms with van der Waals surface area (Å²) in [5, 5.41) is 0. The highest BCUT2D eigenvalue weighted by Crippen LogP contribution is 2.23. The fourth-order valence-corrected chi connectivity index (χ4v) is 2.25. The maximum absolute atomic E-state index is 11.7. The number of rotatable bonds is 4. The van der Waals surface area contributed by atoms with Crippen molar-refractivity contribution in [3.05, 3.63) is 24.5 Å². The van der Waals surface area contributed by atoms with E-state index in [9.17, 15) is 4.79 Å². The summed E-state index contributed by atoms with van der Waals surface area (Å²) in [7, 11) is 0. The number of ether oxygens (including phenoxy) is 1. The minimum atomic E-state index is -0.0220. The maximum Gasteiger partial charge on any atom is 0.309 e. The number of anilines is 1. The van der Waals surface area contributed by atoms with Gasteiger partial charge in [0.15, 0.2) is 0 Å². The summed E-state index contributed by atoms with van der Waals surface area (Å²) in [6.07, 6.45) is 6.26. The summed E-state index contributed by atoms with van der Waals surface area (Å²) >= 11 is 0. The van der Waals surface area contributed by atoms with Crippen molar-refractivity contribution in [3.63, 3.8) is 0 Å². The Bertz CT molecular complexity index is 373. The van der Waals surface area contributed by atoms with Gasteiger partial charge in [-0.05, 0) is 31.4 Å². The van der Waals surface area contributed by atoms with Gasteiger partial charge < -0.3 is 9.64 Å². The molecule has 0 amide bonds. The van der Waals surface area contributed by atoms with Gasteiger partial charge in [0.25, 0.3) is 0 Å². The smallest absolute Gasteiger partial charge is 0.309 e. The minimum absolute atomic E-state index is 0.0220. The van der Waals surface area contributed by atoms with E-state index in [1.807, 2.05) is 19.1 Å². The summed E-state index contributed by atoms with van der Waals surface area (Å²) in [5.74, 6) is 0.0564. The molecule has 0 aliphatic carbocycles. The topological polar surface area (TPSA) is 42.4 Å². The molecule has 0 spiro atoms. The van der Waals surface area contributed by atoms with E-state index in [4.69, 9.17) is 4.74 Å². The second-order valence-corrected chi connectivity index (χ2v) is 4.63. The molecule has 1 aliphatic rings. The van der Waals surface area contributed by atoms with Gasteiger partial charge in [0, 0.05) is 31.2 Å². The van der Waals surface area contributed by atoms with E-state index in [0.29, 0.717) is 6.61 Å². The van der Waals surface area contributed by atoms with Crippen molar-refractivity contribution in [1.82, 2.24) is 4.98 Å². The predicted molar refractivity (Wildman–Crippen MR) is 70.4 cm³/mol. The number of piperidine rings is 1. The molecule has 2 heterocycles. The molecule has 1 saturated heterocycles. The third-order valence-corrected chi connectivity index (χ3v) is 3.30. The molecule has 2 rings (SSSR count). The number of hydrogen-bond acceptors (Lipinski definition) is 4. The van der Waals surface area contributed by atoms with Crippen molar-refractivity contribution < 1.29 is 9.53 Å². The van der Waals surface area contributed by atoms with Crippen molar-refractivity contribution in [3.8, 4) is 0 Å². The van der Waals surface area contributed by atoms with E-state index in [0.717, 1.165) is 32.4 Å². The molecule has 0 saturated carbocycles. The highest BCUT2D eigenvalue weighted by Gasteiger charge is 2.25. The second-order valence-electron chi connectivity index (χ2n) is 4.63. The number of carbonyl (C=O) groups is 1. The first-order valence-electron chi connectivity index (χ1n) is 6.63. The van der Waals surface area contributed by atoms with E-state index in [-0.39, 0.29) is 11.9 Å². The van der Waals surface area contributed by atoms with Crippen LogP contribution in [-0.4, -0.2) is 30.6 Å². The Morgan fingerprint density at radius 3 is 2.67 bits per heavy atom. The molecule has 0 N–H and O–H groups in total. The van der Waals surface area contributed by atoms with Gasteiger partial charge in [-0.25, -0.2) is 0 Å². The summed E-state index contributed by atoms with van der Waals surface area (Å²) in [6.45, 7) is 4.38. The van der Waals surface area contributed by atoms with Gasteiger partial charge in [-0.3, -0.25) is 9.78 Å². The molecular weight excluding hydrogens is 228 g/mol. The van der Waals surface area contributed by atoms with E-state index in [2.05, 4.69) is 9.88 Å². The van der Waals surface area contributed by atoms with Crippen molar-refractivity contribution >= 4 is 11.7 Å². The summed E-state index contributed by atoms with van der Waals surface area (Å²) in [5.41, 5.74) is 1.19. The maximum atomic E-state index is 11.7. The number of hydrogen-bond donors (Lipinski definition) is 0. The summed E-state index contributed by atoms with van der Waals surface area (Å²) in [6, 6.07) is 4.02. The first kappa shape index (κ1) is 12.9. The Morgan fingerprint density at radius 2 is 2.06 bits per heavy atom. The van der Waals surface area contributed by atoms with Crippen molar-refractivity contribution in [2.24, 2.45) is 5.92 Å². The minimum Gasteiger partial charge on any atom is -0.465 e. The lowest BCUT2D eigenvalue weighted by molar-refractivity contribution is -0.149. The third-order valence-electron chi connectivity index (χ3n) is 3.30. The quantitative estimate of drug-likeness (QED) is 0.766. The number of pyridine rings is 1. The van der Waals surface area contributed by atoms with E-state index in [1.165, 1.54) is 5.69 Å². The zero-order chi connectivity index (χ0) is 12.8. The largest absolute Gasteiger partial charge is 0.465 e. The van der Waals surface area contributed by atoms with Crippen LogP contribution in [0.3, 0.4) is 0 Å². The molecule has 1 aromatic heterocycles. The standard InChI is InChI=1S/C14H20N2O2/c1-2-11-18-14(17)12-5-9-16(10-6-12)13-3-7-15-8-4-13/h3-4,7-8,12H,2,5-6,9-11H2,1H3. The molecule has 4 heteroatoms. The Labute approximate surface area is 108 Å². The molecule has 0 atom stereocenters. The van der Waals surface area contributed by atoms with Gasteiger partial charge in [0.2, 0.25) is 0 Å². The van der Waals surface area contributed by atoms with Crippen LogP contribution in [-0.2, 0) is 9.53 Å². The van der Waals surface area contributed by atoms with Gasteiger partial charge in [-0.15, -0.1) is 0 Å². The molecule has 18 heavy (non-hydrogen) atoms. The van der Waals surface area contributed by atoms with Crippen LogP contribution in [0.25, 0.3) is 0 Å². The fourth-order valence-electron chi connectivity index (χ4n) is 2.25. The fraction of sp³-hybridized carbons (Fsp3) is 0.571. The van der Waals surface area contributed by atoms with Crippen LogP contribution < -0.4 is 4.90 Å². The third kappa shape index (κ3) is 3.22. The first-order chi connectivity index (χ1) is 8.81. The van der Waals surface area contributed by atoms with Gasteiger partial charge in [-0.1, -0.05) is 6.92 Å². The molecule has 0 aromatic carbocycles.